The van der Waals surface area contributed by atoms with Gasteiger partial charge in [-0.15, -0.1) is 15.2 Å². The highest BCUT2D eigenvalue weighted by Crippen LogP contribution is 2.07. The van der Waals surface area contributed by atoms with Gasteiger partial charge >= 0.3 is 0 Å². The molecule has 0 saturated carbocycles. The van der Waals surface area contributed by atoms with Crippen molar-refractivity contribution in [3.05, 3.63) is 15.9 Å². The third-order valence-corrected chi connectivity index (χ3v) is 1.07. The molecule has 0 spiro atoms. The molecular formula is C5H11N5O3. The van der Waals surface area contributed by atoms with Gasteiger partial charge in [0.25, 0.3) is 5.09 Å². The third kappa shape index (κ3) is 5.41. The van der Waals surface area contributed by atoms with Gasteiger partial charge in [-0.2, -0.15) is 4.98 Å². The van der Waals surface area contributed by atoms with E-state index < -0.39 is 5.09 Å². The van der Waals surface area contributed by atoms with Crippen LogP contribution in [0.2, 0.25) is 0 Å². The molecule has 4 N–H and O–H groups in total. The quantitative estimate of drug-likeness (QED) is 0.426. The van der Waals surface area contributed by atoms with Crippen LogP contribution in [0.1, 0.15) is 25.6 Å². The summed E-state index contributed by atoms with van der Waals surface area (Å²) >= 11 is 0. The first kappa shape index (κ1) is 11.1. The zero-order chi connectivity index (χ0) is 10.4. The molecule has 8 nitrogen and oxygen atoms in total. The number of anilines is 1. The first-order chi connectivity index (χ1) is 5.93. The predicted molar refractivity (Wildman–Crippen MR) is 43.7 cm³/mol. The van der Waals surface area contributed by atoms with Crippen LogP contribution in [0.15, 0.2) is 0 Å². The number of hydrogen-bond acceptors (Lipinski definition) is 5. The highest BCUT2D eigenvalue weighted by molar-refractivity contribution is 5.13. The van der Waals surface area contributed by atoms with Gasteiger partial charge in [-0.25, -0.2) is 0 Å². The molecular weight excluding hydrogens is 178 g/mol. The van der Waals surface area contributed by atoms with Gasteiger partial charge in [0.1, 0.15) is 5.82 Å². The molecule has 74 valence electrons. The molecule has 0 aliphatic rings. The van der Waals surface area contributed by atoms with Crippen LogP contribution in [0.25, 0.3) is 0 Å². The summed E-state index contributed by atoms with van der Waals surface area (Å²) in [6, 6.07) is 0. The molecule has 0 unspecified atom stereocenters. The van der Waals surface area contributed by atoms with Crippen molar-refractivity contribution < 1.29 is 10.3 Å². The molecule has 0 fully saturated rings. The lowest BCUT2D eigenvalue weighted by Gasteiger charge is -1.93. The zero-order valence-corrected chi connectivity index (χ0v) is 7.26. The van der Waals surface area contributed by atoms with E-state index in [1.165, 1.54) is 0 Å². The van der Waals surface area contributed by atoms with Crippen molar-refractivity contribution in [2.45, 2.75) is 19.8 Å². The van der Waals surface area contributed by atoms with E-state index in [2.05, 4.69) is 15.2 Å². The number of aromatic amines is 1. The fraction of sp³-hybridized carbons (Fsp3) is 0.600. The number of nitrogen functional groups attached to an aromatic ring is 1. The smallest absolute Gasteiger partial charge is 0.291 e. The standard InChI is InChI=1S/C5H10N4.HNO3/c1-3(2)4-7-5(6)9-8-4;2-1(3)4/h3H,1-2H3,(H3,6,7,8,9);(H,2,3,4). The SMILES string of the molecule is CC(C)c1nc(N)n[nH]1.O=[N+]([O-])O. The van der Waals surface area contributed by atoms with Crippen molar-refractivity contribution in [2.75, 3.05) is 5.73 Å². The van der Waals surface area contributed by atoms with E-state index in [1.807, 2.05) is 13.8 Å². The second kappa shape index (κ2) is 4.91. The van der Waals surface area contributed by atoms with Crippen LogP contribution in [0, 0.1) is 10.1 Å². The average molecular weight is 189 g/mol. The molecule has 1 rings (SSSR count). The minimum Gasteiger partial charge on any atom is -0.367 e. The zero-order valence-electron chi connectivity index (χ0n) is 7.26. The van der Waals surface area contributed by atoms with Crippen molar-refractivity contribution >= 4 is 5.95 Å². The summed E-state index contributed by atoms with van der Waals surface area (Å²) in [5.74, 6) is 1.53. The summed E-state index contributed by atoms with van der Waals surface area (Å²) in [6.07, 6.45) is 0. The van der Waals surface area contributed by atoms with Gasteiger partial charge in [0.15, 0.2) is 0 Å². The molecule has 0 aromatic carbocycles. The van der Waals surface area contributed by atoms with Crippen LogP contribution >= 0.6 is 0 Å². The van der Waals surface area contributed by atoms with Crippen molar-refractivity contribution in [1.82, 2.24) is 15.2 Å². The summed E-state index contributed by atoms with van der Waals surface area (Å²) in [5.41, 5.74) is 5.26. The number of nitrogens with one attached hydrogen (secondary N) is 1. The first-order valence-electron chi connectivity index (χ1n) is 3.44. The molecule has 0 bridgehead atoms. The van der Waals surface area contributed by atoms with Crippen LogP contribution in [0.4, 0.5) is 5.95 Å². The number of aromatic nitrogens is 3. The van der Waals surface area contributed by atoms with Crippen molar-refractivity contribution in [2.24, 2.45) is 0 Å². The summed E-state index contributed by atoms with van der Waals surface area (Å²) in [6.45, 7) is 4.06. The number of H-pyrrole nitrogens is 1. The Balaban J connectivity index is 0.000000310. The van der Waals surface area contributed by atoms with Crippen LogP contribution < -0.4 is 5.73 Å². The minimum absolute atomic E-state index is 0.318. The van der Waals surface area contributed by atoms with Crippen LogP contribution in [0.5, 0.6) is 0 Å². The van der Waals surface area contributed by atoms with E-state index in [0.717, 1.165) is 5.82 Å². The summed E-state index contributed by atoms with van der Waals surface area (Å²) in [5, 5.41) is 20.0. The lowest BCUT2D eigenvalue weighted by Crippen LogP contribution is -1.90. The topological polar surface area (TPSA) is 131 Å². The van der Waals surface area contributed by atoms with Gasteiger partial charge in [0.05, 0.1) is 0 Å². The molecule has 13 heavy (non-hydrogen) atoms. The Hall–Kier alpha value is -1.86. The first-order valence-corrected chi connectivity index (χ1v) is 3.44. The fourth-order valence-corrected chi connectivity index (χ4v) is 0.546. The molecule has 0 amide bonds. The van der Waals surface area contributed by atoms with E-state index in [9.17, 15) is 0 Å². The molecule has 8 heteroatoms. The number of nitrogens with zero attached hydrogens (tertiary/aromatic N) is 3. The molecule has 0 aliphatic heterocycles. The molecule has 1 heterocycles. The summed E-state index contributed by atoms with van der Waals surface area (Å²) in [7, 11) is 0. The Kier molecular flexibility index (Phi) is 4.20. The Bertz CT molecular complexity index is 267. The monoisotopic (exact) mass is 189 g/mol. The number of nitrogens with two attached hydrogens (primary N) is 1. The van der Waals surface area contributed by atoms with Gasteiger partial charge in [-0.3, -0.25) is 5.10 Å². The van der Waals surface area contributed by atoms with Crippen LogP contribution in [0.3, 0.4) is 0 Å². The highest BCUT2D eigenvalue weighted by Gasteiger charge is 2.02. The van der Waals surface area contributed by atoms with E-state index in [0.29, 0.717) is 11.9 Å². The molecule has 1 aromatic heterocycles. The van der Waals surface area contributed by atoms with E-state index >= 15 is 0 Å². The van der Waals surface area contributed by atoms with E-state index in [-0.39, 0.29) is 0 Å². The number of rotatable bonds is 1. The Morgan fingerprint density at radius 2 is 2.15 bits per heavy atom. The summed E-state index contributed by atoms with van der Waals surface area (Å²) in [4.78, 5) is 12.3. The van der Waals surface area contributed by atoms with Gasteiger partial charge in [0.2, 0.25) is 5.95 Å². The molecule has 1 aromatic rings. The Morgan fingerprint density at radius 3 is 2.31 bits per heavy atom. The highest BCUT2D eigenvalue weighted by atomic mass is 16.9. The van der Waals surface area contributed by atoms with Gasteiger partial charge in [0, 0.05) is 5.92 Å². The minimum atomic E-state index is -1.50. The third-order valence-electron chi connectivity index (χ3n) is 1.07. The van der Waals surface area contributed by atoms with Crippen molar-refractivity contribution in [1.29, 1.82) is 0 Å². The molecule has 0 aliphatic carbocycles. The maximum Gasteiger partial charge on any atom is 0.291 e. The molecule has 0 radical (unpaired) electrons. The normalized spacial score (nSPS) is 9.15. The maximum absolute atomic E-state index is 8.36. The second-order valence-electron chi connectivity index (χ2n) is 2.47. The Labute approximate surface area is 73.9 Å². The second-order valence-corrected chi connectivity index (χ2v) is 2.47. The van der Waals surface area contributed by atoms with Gasteiger partial charge < -0.3 is 10.9 Å². The van der Waals surface area contributed by atoms with Crippen LogP contribution in [-0.2, 0) is 0 Å². The fourth-order valence-electron chi connectivity index (χ4n) is 0.546. The largest absolute Gasteiger partial charge is 0.367 e. The van der Waals surface area contributed by atoms with Gasteiger partial charge in [-0.1, -0.05) is 13.8 Å². The van der Waals surface area contributed by atoms with Gasteiger partial charge in [-0.05, 0) is 0 Å². The lowest BCUT2D eigenvalue weighted by molar-refractivity contribution is -0.742. The molecule has 0 atom stereocenters. The Morgan fingerprint density at radius 1 is 1.69 bits per heavy atom. The van der Waals surface area contributed by atoms with E-state index in [1.54, 1.807) is 0 Å². The maximum atomic E-state index is 8.36. The van der Waals surface area contributed by atoms with Crippen LogP contribution in [-0.4, -0.2) is 25.5 Å². The van der Waals surface area contributed by atoms with Crippen molar-refractivity contribution in [3.63, 3.8) is 0 Å². The van der Waals surface area contributed by atoms with E-state index in [4.69, 9.17) is 21.1 Å². The van der Waals surface area contributed by atoms with Crippen molar-refractivity contribution in [3.8, 4) is 0 Å². The lowest BCUT2D eigenvalue weighted by atomic mass is 10.2. The average Bonchev–Trinajstić information content (AvgIpc) is 2.34. The number of hydrogen-bond donors (Lipinski definition) is 3. The molecule has 0 saturated heterocycles. The summed E-state index contributed by atoms with van der Waals surface area (Å²) < 4.78 is 0. The predicted octanol–water partition coefficient (Wildman–Crippen LogP) is 0.163.